The maximum absolute atomic E-state index is 8.94. The largest absolute Gasteiger partial charge is 0.496 e. The van der Waals surface area contributed by atoms with E-state index in [4.69, 9.17) is 14.7 Å². The maximum Gasteiger partial charge on any atom is 0.191 e. The van der Waals surface area contributed by atoms with Crippen LogP contribution in [0.3, 0.4) is 0 Å². The van der Waals surface area contributed by atoms with Gasteiger partial charge >= 0.3 is 0 Å². The van der Waals surface area contributed by atoms with E-state index in [0.717, 1.165) is 34.6 Å². The third-order valence-corrected chi connectivity index (χ3v) is 4.86. The van der Waals surface area contributed by atoms with Gasteiger partial charge in [0, 0.05) is 12.3 Å². The average Bonchev–Trinajstić information content (AvgIpc) is 3.14. The highest BCUT2D eigenvalue weighted by Gasteiger charge is 2.16. The molecule has 0 aliphatic rings. The molecule has 1 heterocycles. The Balaban J connectivity index is 1.66. The molecule has 6 nitrogen and oxygen atoms in total. The van der Waals surface area contributed by atoms with Crippen molar-refractivity contribution in [3.05, 3.63) is 54.1 Å². The van der Waals surface area contributed by atoms with Crippen LogP contribution in [0.5, 0.6) is 11.5 Å². The Morgan fingerprint density at radius 1 is 1.15 bits per heavy atom. The number of ether oxygens (including phenoxy) is 2. The summed E-state index contributed by atoms with van der Waals surface area (Å²) in [5.74, 6) is 2.99. The van der Waals surface area contributed by atoms with Gasteiger partial charge in [-0.25, -0.2) is 0 Å². The zero-order valence-electron chi connectivity index (χ0n) is 15.3. The van der Waals surface area contributed by atoms with Crippen LogP contribution in [0.15, 0.2) is 53.7 Å². The SMILES string of the molecule is CCn1c(SCCOc2cccc(C#N)c2)nnc1-c1ccccc1OC. The molecule has 0 radical (unpaired) electrons. The molecule has 3 aromatic rings. The van der Waals surface area contributed by atoms with Crippen molar-refractivity contribution in [1.29, 1.82) is 5.26 Å². The van der Waals surface area contributed by atoms with Gasteiger partial charge in [-0.3, -0.25) is 0 Å². The molecule has 1 aromatic heterocycles. The van der Waals surface area contributed by atoms with E-state index < -0.39 is 0 Å². The van der Waals surface area contributed by atoms with Gasteiger partial charge in [0.2, 0.25) is 0 Å². The number of para-hydroxylation sites is 1. The summed E-state index contributed by atoms with van der Waals surface area (Å²) in [6.45, 7) is 3.34. The third kappa shape index (κ3) is 4.41. The van der Waals surface area contributed by atoms with Gasteiger partial charge in [0.1, 0.15) is 11.5 Å². The lowest BCUT2D eigenvalue weighted by Gasteiger charge is -2.10. The minimum Gasteiger partial charge on any atom is -0.496 e. The molecule has 0 spiro atoms. The average molecular weight is 380 g/mol. The van der Waals surface area contributed by atoms with Gasteiger partial charge in [0.15, 0.2) is 11.0 Å². The zero-order chi connectivity index (χ0) is 19.1. The predicted octanol–water partition coefficient (Wildman–Crippen LogP) is 4.02. The van der Waals surface area contributed by atoms with Gasteiger partial charge in [-0.05, 0) is 37.3 Å². The summed E-state index contributed by atoms with van der Waals surface area (Å²) < 4.78 is 13.2. The van der Waals surface area contributed by atoms with E-state index in [1.807, 2.05) is 36.4 Å². The van der Waals surface area contributed by atoms with Crippen LogP contribution in [-0.2, 0) is 6.54 Å². The van der Waals surface area contributed by atoms with Crippen molar-refractivity contribution in [2.45, 2.75) is 18.6 Å². The van der Waals surface area contributed by atoms with E-state index >= 15 is 0 Å². The smallest absolute Gasteiger partial charge is 0.191 e. The Bertz CT molecular complexity index is 949. The van der Waals surface area contributed by atoms with E-state index in [1.54, 1.807) is 31.0 Å². The molecule has 0 saturated carbocycles. The number of thioether (sulfide) groups is 1. The first kappa shape index (κ1) is 18.8. The molecule has 0 amide bonds. The Kier molecular flexibility index (Phi) is 6.34. The standard InChI is InChI=1S/C20H20N4O2S/c1-3-24-19(17-9-4-5-10-18(17)25-2)22-23-20(24)27-12-11-26-16-8-6-7-15(13-16)14-21/h4-10,13H,3,11-12H2,1-2H3. The van der Waals surface area contributed by atoms with E-state index in [-0.39, 0.29) is 0 Å². The van der Waals surface area contributed by atoms with Crippen molar-refractivity contribution in [2.75, 3.05) is 19.5 Å². The lowest BCUT2D eigenvalue weighted by atomic mass is 10.2. The van der Waals surface area contributed by atoms with Crippen molar-refractivity contribution >= 4 is 11.8 Å². The van der Waals surface area contributed by atoms with E-state index in [2.05, 4.69) is 27.8 Å². The lowest BCUT2D eigenvalue weighted by molar-refractivity contribution is 0.343. The highest BCUT2D eigenvalue weighted by Crippen LogP contribution is 2.30. The van der Waals surface area contributed by atoms with Crippen molar-refractivity contribution in [2.24, 2.45) is 0 Å². The van der Waals surface area contributed by atoms with Crippen molar-refractivity contribution < 1.29 is 9.47 Å². The summed E-state index contributed by atoms with van der Waals surface area (Å²) in [6.07, 6.45) is 0. The number of rotatable bonds is 8. The molecule has 2 aromatic carbocycles. The number of nitriles is 1. The van der Waals surface area contributed by atoms with Crippen LogP contribution in [0.4, 0.5) is 0 Å². The topological polar surface area (TPSA) is 73.0 Å². The summed E-state index contributed by atoms with van der Waals surface area (Å²) >= 11 is 1.59. The molecule has 138 valence electrons. The quantitative estimate of drug-likeness (QED) is 0.434. The molecule has 27 heavy (non-hydrogen) atoms. The monoisotopic (exact) mass is 380 g/mol. The Labute approximate surface area is 162 Å². The molecule has 3 rings (SSSR count). The highest BCUT2D eigenvalue weighted by atomic mass is 32.2. The number of hydrogen-bond acceptors (Lipinski definition) is 6. The summed E-state index contributed by atoms with van der Waals surface area (Å²) in [5.41, 5.74) is 1.51. The molecule has 0 aliphatic carbocycles. The van der Waals surface area contributed by atoms with Crippen LogP contribution in [-0.4, -0.2) is 34.2 Å². The fourth-order valence-electron chi connectivity index (χ4n) is 2.66. The molecule has 0 atom stereocenters. The maximum atomic E-state index is 8.94. The van der Waals surface area contributed by atoms with E-state index in [9.17, 15) is 0 Å². The first-order valence-corrected chi connectivity index (χ1v) is 9.57. The van der Waals surface area contributed by atoms with E-state index in [1.165, 1.54) is 0 Å². The zero-order valence-corrected chi connectivity index (χ0v) is 16.1. The van der Waals surface area contributed by atoms with Gasteiger partial charge in [0.05, 0.1) is 30.9 Å². The van der Waals surface area contributed by atoms with Crippen molar-refractivity contribution in [3.8, 4) is 29.0 Å². The molecular weight excluding hydrogens is 360 g/mol. The Hall–Kier alpha value is -2.98. The molecule has 0 aliphatic heterocycles. The van der Waals surface area contributed by atoms with Gasteiger partial charge < -0.3 is 14.0 Å². The lowest BCUT2D eigenvalue weighted by Crippen LogP contribution is -2.04. The molecular formula is C20H20N4O2S. The normalized spacial score (nSPS) is 10.4. The van der Waals surface area contributed by atoms with Gasteiger partial charge in [0.25, 0.3) is 0 Å². The summed E-state index contributed by atoms with van der Waals surface area (Å²) in [7, 11) is 1.65. The number of hydrogen-bond donors (Lipinski definition) is 0. The Morgan fingerprint density at radius 2 is 2.00 bits per heavy atom. The Morgan fingerprint density at radius 3 is 2.78 bits per heavy atom. The molecule has 0 unspecified atom stereocenters. The number of benzene rings is 2. The summed E-state index contributed by atoms with van der Waals surface area (Å²) in [6, 6.07) is 17.1. The molecule has 0 fully saturated rings. The fraction of sp³-hybridized carbons (Fsp3) is 0.250. The first-order valence-electron chi connectivity index (χ1n) is 8.59. The van der Waals surface area contributed by atoms with Gasteiger partial charge in [-0.1, -0.05) is 30.0 Å². The van der Waals surface area contributed by atoms with Crippen LogP contribution in [0.25, 0.3) is 11.4 Å². The third-order valence-electron chi connectivity index (χ3n) is 3.93. The van der Waals surface area contributed by atoms with Crippen molar-refractivity contribution in [3.63, 3.8) is 0 Å². The second-order valence-corrected chi connectivity index (χ2v) is 6.65. The fourth-order valence-corrected chi connectivity index (χ4v) is 3.48. The van der Waals surface area contributed by atoms with Crippen LogP contribution in [0.2, 0.25) is 0 Å². The van der Waals surface area contributed by atoms with Crippen LogP contribution >= 0.6 is 11.8 Å². The van der Waals surface area contributed by atoms with Crippen molar-refractivity contribution in [1.82, 2.24) is 14.8 Å². The van der Waals surface area contributed by atoms with Gasteiger partial charge in [-0.15, -0.1) is 10.2 Å². The molecule has 0 saturated heterocycles. The second kappa shape index (κ2) is 9.10. The first-order chi connectivity index (χ1) is 13.3. The number of methoxy groups -OCH3 is 1. The minimum atomic E-state index is 0.514. The van der Waals surface area contributed by atoms with E-state index in [0.29, 0.717) is 17.9 Å². The number of aromatic nitrogens is 3. The molecule has 0 bridgehead atoms. The summed E-state index contributed by atoms with van der Waals surface area (Å²) in [5, 5.41) is 18.5. The minimum absolute atomic E-state index is 0.514. The molecule has 0 N–H and O–H groups in total. The summed E-state index contributed by atoms with van der Waals surface area (Å²) in [4.78, 5) is 0. The molecule has 7 heteroatoms. The highest BCUT2D eigenvalue weighted by molar-refractivity contribution is 7.99. The van der Waals surface area contributed by atoms with Crippen LogP contribution < -0.4 is 9.47 Å². The van der Waals surface area contributed by atoms with Crippen LogP contribution in [0, 0.1) is 11.3 Å². The number of nitrogens with zero attached hydrogens (tertiary/aromatic N) is 4. The van der Waals surface area contributed by atoms with Gasteiger partial charge in [-0.2, -0.15) is 5.26 Å². The van der Waals surface area contributed by atoms with Crippen LogP contribution in [0.1, 0.15) is 12.5 Å². The second-order valence-electron chi connectivity index (χ2n) is 5.59. The predicted molar refractivity (Wildman–Crippen MR) is 105 cm³/mol.